The second-order valence-corrected chi connectivity index (χ2v) is 4.62. The van der Waals surface area contributed by atoms with Crippen LogP contribution in [0.25, 0.3) is 0 Å². The maximum Gasteiger partial charge on any atom is 0.234 e. The molecule has 0 radical (unpaired) electrons. The molecule has 1 aliphatic heterocycles. The Morgan fingerprint density at radius 3 is 2.73 bits per heavy atom. The molecule has 2 N–H and O–H groups in total. The SMILES string of the molecule is CCC(C(N)=O)N1CCCC1CN(C)C. The lowest BCUT2D eigenvalue weighted by Crippen LogP contribution is -2.49. The highest BCUT2D eigenvalue weighted by Crippen LogP contribution is 2.21. The number of nitrogens with two attached hydrogens (primary N) is 1. The van der Waals surface area contributed by atoms with Gasteiger partial charge in [0.1, 0.15) is 0 Å². The van der Waals surface area contributed by atoms with Crippen LogP contribution in [-0.4, -0.2) is 55.0 Å². The van der Waals surface area contributed by atoms with E-state index in [1.165, 1.54) is 12.8 Å². The van der Waals surface area contributed by atoms with E-state index < -0.39 is 0 Å². The molecule has 0 bridgehead atoms. The second kappa shape index (κ2) is 5.47. The van der Waals surface area contributed by atoms with E-state index in [-0.39, 0.29) is 11.9 Å². The van der Waals surface area contributed by atoms with Crippen LogP contribution >= 0.6 is 0 Å². The fraction of sp³-hybridized carbons (Fsp3) is 0.909. The molecule has 0 aromatic rings. The van der Waals surface area contributed by atoms with Crippen molar-refractivity contribution in [2.75, 3.05) is 27.2 Å². The molecule has 0 aromatic carbocycles. The van der Waals surface area contributed by atoms with Crippen molar-refractivity contribution in [2.24, 2.45) is 5.73 Å². The maximum atomic E-state index is 11.3. The van der Waals surface area contributed by atoms with Crippen LogP contribution < -0.4 is 5.73 Å². The third kappa shape index (κ3) is 3.18. The lowest BCUT2D eigenvalue weighted by atomic mass is 10.1. The average molecular weight is 213 g/mol. The molecule has 2 unspecified atom stereocenters. The number of nitrogens with zero attached hydrogens (tertiary/aromatic N) is 2. The van der Waals surface area contributed by atoms with E-state index in [0.29, 0.717) is 6.04 Å². The topological polar surface area (TPSA) is 49.6 Å². The predicted octanol–water partition coefficient (Wildman–Crippen LogP) is 0.276. The Morgan fingerprint density at radius 1 is 1.60 bits per heavy atom. The van der Waals surface area contributed by atoms with Crippen LogP contribution in [0.2, 0.25) is 0 Å². The Hall–Kier alpha value is -0.610. The van der Waals surface area contributed by atoms with E-state index in [1.807, 2.05) is 6.92 Å². The van der Waals surface area contributed by atoms with Crippen LogP contribution in [0.4, 0.5) is 0 Å². The maximum absolute atomic E-state index is 11.3. The average Bonchev–Trinajstić information content (AvgIpc) is 2.53. The molecule has 0 saturated carbocycles. The number of carbonyl (C=O) groups is 1. The van der Waals surface area contributed by atoms with Gasteiger partial charge < -0.3 is 10.6 Å². The zero-order valence-corrected chi connectivity index (χ0v) is 10.1. The van der Waals surface area contributed by atoms with E-state index in [9.17, 15) is 4.79 Å². The van der Waals surface area contributed by atoms with Crippen molar-refractivity contribution in [3.05, 3.63) is 0 Å². The van der Waals surface area contributed by atoms with Crippen LogP contribution in [0.1, 0.15) is 26.2 Å². The Labute approximate surface area is 92.4 Å². The first-order chi connectivity index (χ1) is 7.06. The van der Waals surface area contributed by atoms with Gasteiger partial charge in [0.15, 0.2) is 0 Å². The van der Waals surface area contributed by atoms with Crippen LogP contribution in [0.15, 0.2) is 0 Å². The number of likely N-dealkylation sites (N-methyl/N-ethyl adjacent to an activating group) is 1. The van der Waals surface area contributed by atoms with Crippen molar-refractivity contribution in [1.82, 2.24) is 9.80 Å². The van der Waals surface area contributed by atoms with Gasteiger partial charge in [-0.25, -0.2) is 0 Å². The highest BCUT2D eigenvalue weighted by molar-refractivity contribution is 5.79. The first kappa shape index (κ1) is 12.5. The molecule has 4 nitrogen and oxygen atoms in total. The summed E-state index contributed by atoms with van der Waals surface area (Å²) in [6, 6.07) is 0.426. The number of likely N-dealkylation sites (tertiary alicyclic amines) is 1. The minimum Gasteiger partial charge on any atom is -0.368 e. The molecule has 1 fully saturated rings. The van der Waals surface area contributed by atoms with Gasteiger partial charge in [0.25, 0.3) is 0 Å². The third-order valence-electron chi connectivity index (χ3n) is 3.11. The molecule has 1 heterocycles. The molecular weight excluding hydrogens is 190 g/mol. The monoisotopic (exact) mass is 213 g/mol. The van der Waals surface area contributed by atoms with E-state index in [2.05, 4.69) is 23.9 Å². The second-order valence-electron chi connectivity index (χ2n) is 4.62. The van der Waals surface area contributed by atoms with Gasteiger partial charge in [-0.3, -0.25) is 9.69 Å². The summed E-state index contributed by atoms with van der Waals surface area (Å²) < 4.78 is 0. The van der Waals surface area contributed by atoms with Crippen LogP contribution in [0.3, 0.4) is 0 Å². The van der Waals surface area contributed by atoms with Gasteiger partial charge in [-0.2, -0.15) is 0 Å². The predicted molar refractivity (Wildman–Crippen MR) is 61.6 cm³/mol. The quantitative estimate of drug-likeness (QED) is 0.713. The number of rotatable bonds is 5. The van der Waals surface area contributed by atoms with Gasteiger partial charge in [-0.15, -0.1) is 0 Å². The van der Waals surface area contributed by atoms with Crippen molar-refractivity contribution < 1.29 is 4.79 Å². The summed E-state index contributed by atoms with van der Waals surface area (Å²) in [5.74, 6) is -0.178. The van der Waals surface area contributed by atoms with Crippen LogP contribution in [0.5, 0.6) is 0 Å². The summed E-state index contributed by atoms with van der Waals surface area (Å²) in [5.41, 5.74) is 5.43. The Morgan fingerprint density at radius 2 is 2.27 bits per heavy atom. The molecule has 2 atom stereocenters. The largest absolute Gasteiger partial charge is 0.368 e. The lowest BCUT2D eigenvalue weighted by Gasteiger charge is -2.31. The minimum atomic E-state index is -0.178. The molecule has 15 heavy (non-hydrogen) atoms. The van der Waals surface area contributed by atoms with Gasteiger partial charge in [-0.1, -0.05) is 6.92 Å². The molecule has 1 saturated heterocycles. The number of amides is 1. The standard InChI is InChI=1S/C11H23N3O/c1-4-10(11(12)15)14-7-5-6-9(14)8-13(2)3/h9-10H,4-8H2,1-3H3,(H2,12,15). The summed E-state index contributed by atoms with van der Waals surface area (Å²) in [6.07, 6.45) is 3.18. The molecule has 0 aromatic heterocycles. The smallest absolute Gasteiger partial charge is 0.234 e. The number of carbonyl (C=O) groups excluding carboxylic acids is 1. The van der Waals surface area contributed by atoms with Gasteiger partial charge in [-0.05, 0) is 39.9 Å². The first-order valence-corrected chi connectivity index (χ1v) is 5.76. The van der Waals surface area contributed by atoms with Crippen molar-refractivity contribution in [3.63, 3.8) is 0 Å². The van der Waals surface area contributed by atoms with Crippen molar-refractivity contribution >= 4 is 5.91 Å². The number of hydrogen-bond acceptors (Lipinski definition) is 3. The number of primary amides is 1. The van der Waals surface area contributed by atoms with Gasteiger partial charge in [0.2, 0.25) is 5.91 Å². The summed E-state index contributed by atoms with van der Waals surface area (Å²) in [4.78, 5) is 15.8. The zero-order chi connectivity index (χ0) is 11.4. The lowest BCUT2D eigenvalue weighted by molar-refractivity contribution is -0.123. The molecule has 0 spiro atoms. The van der Waals surface area contributed by atoms with Crippen molar-refractivity contribution in [2.45, 2.75) is 38.3 Å². The van der Waals surface area contributed by atoms with E-state index in [1.54, 1.807) is 0 Å². The molecular formula is C11H23N3O. The highest BCUT2D eigenvalue weighted by atomic mass is 16.1. The van der Waals surface area contributed by atoms with Crippen LogP contribution in [0, 0.1) is 0 Å². The van der Waals surface area contributed by atoms with Crippen LogP contribution in [-0.2, 0) is 4.79 Å². The van der Waals surface area contributed by atoms with Gasteiger partial charge in [0.05, 0.1) is 6.04 Å². The molecule has 1 amide bonds. The van der Waals surface area contributed by atoms with Crippen molar-refractivity contribution in [1.29, 1.82) is 0 Å². The number of hydrogen-bond donors (Lipinski definition) is 1. The Bertz CT molecular complexity index is 218. The fourth-order valence-corrected chi connectivity index (χ4v) is 2.48. The molecule has 0 aliphatic carbocycles. The Balaban J connectivity index is 2.61. The van der Waals surface area contributed by atoms with Gasteiger partial charge >= 0.3 is 0 Å². The molecule has 88 valence electrons. The zero-order valence-electron chi connectivity index (χ0n) is 10.1. The normalized spacial score (nSPS) is 24.7. The fourth-order valence-electron chi connectivity index (χ4n) is 2.48. The molecule has 1 aliphatic rings. The molecule has 1 rings (SSSR count). The summed E-state index contributed by atoms with van der Waals surface area (Å²) >= 11 is 0. The van der Waals surface area contributed by atoms with Gasteiger partial charge in [0, 0.05) is 12.6 Å². The summed E-state index contributed by atoms with van der Waals surface area (Å²) in [6.45, 7) is 4.06. The van der Waals surface area contributed by atoms with E-state index >= 15 is 0 Å². The third-order valence-corrected chi connectivity index (χ3v) is 3.11. The minimum absolute atomic E-state index is 0.0718. The summed E-state index contributed by atoms with van der Waals surface area (Å²) in [7, 11) is 4.14. The Kier molecular flexibility index (Phi) is 4.54. The van der Waals surface area contributed by atoms with E-state index in [0.717, 1.165) is 19.5 Å². The van der Waals surface area contributed by atoms with Crippen molar-refractivity contribution in [3.8, 4) is 0 Å². The summed E-state index contributed by atoms with van der Waals surface area (Å²) in [5, 5.41) is 0. The highest BCUT2D eigenvalue weighted by Gasteiger charge is 2.32. The van der Waals surface area contributed by atoms with E-state index in [4.69, 9.17) is 5.73 Å². The first-order valence-electron chi connectivity index (χ1n) is 5.76. The molecule has 4 heteroatoms.